The Labute approximate surface area is 120 Å². The molecule has 1 aromatic carbocycles. The number of benzene rings is 1. The van der Waals surface area contributed by atoms with Crippen molar-refractivity contribution in [3.05, 3.63) is 27.3 Å². The number of nitrogens with zero attached hydrogens (tertiary/aromatic N) is 1. The molecule has 7 nitrogen and oxygen atoms in total. The fraction of sp³-hybridized carbons (Fsp3) is 0.500. The molecule has 1 aliphatic heterocycles. The lowest BCUT2D eigenvalue weighted by atomic mass is 10.2. The molecule has 2 rings (SSSR count). The van der Waals surface area contributed by atoms with Gasteiger partial charge in [-0.05, 0) is 13.8 Å². The van der Waals surface area contributed by atoms with Gasteiger partial charge in [0.1, 0.15) is 12.7 Å². The Bertz CT molecular complexity index is 533. The van der Waals surface area contributed by atoms with E-state index in [0.717, 1.165) is 6.07 Å². The third-order valence-corrected chi connectivity index (χ3v) is 2.91. The second-order valence-corrected chi connectivity index (χ2v) is 5.23. The van der Waals surface area contributed by atoms with Gasteiger partial charge in [0.15, 0.2) is 11.5 Å². The molecule has 110 valence electrons. The van der Waals surface area contributed by atoms with E-state index in [0.29, 0.717) is 6.61 Å². The summed E-state index contributed by atoms with van der Waals surface area (Å²) >= 11 is 5.67. The van der Waals surface area contributed by atoms with E-state index in [1.807, 2.05) is 0 Å². The van der Waals surface area contributed by atoms with Gasteiger partial charge in [-0.3, -0.25) is 10.1 Å². The van der Waals surface area contributed by atoms with Gasteiger partial charge in [-0.2, -0.15) is 0 Å². The number of rotatable bonds is 4. The molecule has 1 aromatic rings. The first-order chi connectivity index (χ1) is 9.28. The highest BCUT2D eigenvalue weighted by Gasteiger charge is 2.33. The van der Waals surface area contributed by atoms with Gasteiger partial charge in [0.05, 0.1) is 16.6 Å². The third kappa shape index (κ3) is 3.30. The number of aromatic hydroxyl groups is 1. The second-order valence-electron chi connectivity index (χ2n) is 4.79. The van der Waals surface area contributed by atoms with Gasteiger partial charge >= 0.3 is 5.69 Å². The van der Waals surface area contributed by atoms with Crippen molar-refractivity contribution in [1.29, 1.82) is 0 Å². The van der Waals surface area contributed by atoms with Gasteiger partial charge in [-0.1, -0.05) is 11.6 Å². The Balaban J connectivity index is 2.12. The minimum Gasteiger partial charge on any atom is -0.504 e. The highest BCUT2D eigenvalue weighted by Crippen LogP contribution is 2.39. The Morgan fingerprint density at radius 3 is 2.85 bits per heavy atom. The van der Waals surface area contributed by atoms with E-state index in [2.05, 4.69) is 0 Å². The summed E-state index contributed by atoms with van der Waals surface area (Å²) in [4.78, 5) is 10.3. The number of ether oxygens (including phenoxy) is 3. The van der Waals surface area contributed by atoms with E-state index in [1.54, 1.807) is 13.8 Å². The topological polar surface area (TPSA) is 91.1 Å². The zero-order valence-corrected chi connectivity index (χ0v) is 11.7. The van der Waals surface area contributed by atoms with Crippen molar-refractivity contribution in [3.63, 3.8) is 0 Å². The summed E-state index contributed by atoms with van der Waals surface area (Å²) in [5, 5.41) is 20.7. The molecule has 1 aliphatic rings. The van der Waals surface area contributed by atoms with Gasteiger partial charge < -0.3 is 19.3 Å². The fourth-order valence-electron chi connectivity index (χ4n) is 1.87. The molecule has 8 heteroatoms. The molecular weight excluding hydrogens is 290 g/mol. The maximum Gasteiger partial charge on any atom is 0.316 e. The standard InChI is InChI=1S/C12H14ClNO6/c1-12(2)19-6-8(20-12)5-18-11-9(14(16)17)3-7(13)4-10(11)15/h3-4,8,15H,5-6H2,1-2H3/t8-/m0/s1. The summed E-state index contributed by atoms with van der Waals surface area (Å²) in [6, 6.07) is 2.30. The largest absolute Gasteiger partial charge is 0.504 e. The Morgan fingerprint density at radius 1 is 1.60 bits per heavy atom. The normalized spacial score (nSPS) is 20.9. The van der Waals surface area contributed by atoms with Crippen LogP contribution in [0.3, 0.4) is 0 Å². The monoisotopic (exact) mass is 303 g/mol. The Hall–Kier alpha value is -1.57. The van der Waals surface area contributed by atoms with Crippen molar-refractivity contribution in [2.24, 2.45) is 0 Å². The lowest BCUT2D eigenvalue weighted by Gasteiger charge is -2.17. The van der Waals surface area contributed by atoms with Crippen molar-refractivity contribution in [1.82, 2.24) is 0 Å². The molecular formula is C12H14ClNO6. The molecule has 1 saturated heterocycles. The highest BCUT2D eigenvalue weighted by molar-refractivity contribution is 6.31. The quantitative estimate of drug-likeness (QED) is 0.678. The van der Waals surface area contributed by atoms with Crippen molar-refractivity contribution in [3.8, 4) is 11.5 Å². The molecule has 0 unspecified atom stereocenters. The molecule has 1 N–H and O–H groups in total. The molecule has 0 spiro atoms. The van der Waals surface area contributed by atoms with Crippen LogP contribution in [0.5, 0.6) is 11.5 Å². The summed E-state index contributed by atoms with van der Waals surface area (Å²) in [5.74, 6) is -1.32. The van der Waals surface area contributed by atoms with E-state index in [-0.39, 0.29) is 29.2 Å². The van der Waals surface area contributed by atoms with Crippen LogP contribution in [0.15, 0.2) is 12.1 Å². The fourth-order valence-corrected chi connectivity index (χ4v) is 2.08. The van der Waals surface area contributed by atoms with Crippen LogP contribution < -0.4 is 4.74 Å². The van der Waals surface area contributed by atoms with Crippen molar-refractivity contribution < 1.29 is 24.2 Å². The molecule has 0 aromatic heterocycles. The van der Waals surface area contributed by atoms with Crippen molar-refractivity contribution >= 4 is 17.3 Å². The molecule has 1 fully saturated rings. The number of halogens is 1. The highest BCUT2D eigenvalue weighted by atomic mass is 35.5. The molecule has 0 amide bonds. The van der Waals surface area contributed by atoms with E-state index < -0.39 is 16.4 Å². The summed E-state index contributed by atoms with van der Waals surface area (Å²) < 4.78 is 16.2. The first-order valence-corrected chi connectivity index (χ1v) is 6.28. The Kier molecular flexibility index (Phi) is 4.03. The average molecular weight is 304 g/mol. The number of hydrogen-bond donors (Lipinski definition) is 1. The summed E-state index contributed by atoms with van der Waals surface area (Å²) in [6.45, 7) is 3.86. The van der Waals surface area contributed by atoms with Crippen LogP contribution in [0.25, 0.3) is 0 Å². The van der Waals surface area contributed by atoms with Gasteiger partial charge in [-0.25, -0.2) is 0 Å². The number of phenols is 1. The molecule has 0 bridgehead atoms. The number of nitro benzene ring substituents is 1. The van der Waals surface area contributed by atoms with Crippen LogP contribution in [0.4, 0.5) is 5.69 Å². The first-order valence-electron chi connectivity index (χ1n) is 5.90. The Morgan fingerprint density at radius 2 is 2.30 bits per heavy atom. The van der Waals surface area contributed by atoms with E-state index in [9.17, 15) is 15.2 Å². The summed E-state index contributed by atoms with van der Waals surface area (Å²) in [5.41, 5.74) is -0.395. The van der Waals surface area contributed by atoms with Crippen LogP contribution in [0.1, 0.15) is 13.8 Å². The second kappa shape index (κ2) is 5.43. The van der Waals surface area contributed by atoms with Crippen LogP contribution >= 0.6 is 11.6 Å². The number of hydrogen-bond acceptors (Lipinski definition) is 6. The van der Waals surface area contributed by atoms with E-state index in [1.165, 1.54) is 6.07 Å². The lowest BCUT2D eigenvalue weighted by Crippen LogP contribution is -2.25. The maximum absolute atomic E-state index is 10.9. The number of phenolic OH excluding ortho intramolecular Hbond substituents is 1. The maximum atomic E-state index is 10.9. The smallest absolute Gasteiger partial charge is 0.316 e. The molecule has 20 heavy (non-hydrogen) atoms. The van der Waals surface area contributed by atoms with Gasteiger partial charge in [0.25, 0.3) is 0 Å². The third-order valence-electron chi connectivity index (χ3n) is 2.69. The molecule has 0 saturated carbocycles. The predicted molar refractivity (Wildman–Crippen MR) is 70.2 cm³/mol. The van der Waals surface area contributed by atoms with Gasteiger partial charge in [0, 0.05) is 12.1 Å². The molecule has 0 aliphatic carbocycles. The predicted octanol–water partition coefficient (Wildman–Crippen LogP) is 2.48. The zero-order chi connectivity index (χ0) is 14.9. The molecule has 1 heterocycles. The average Bonchev–Trinajstić information content (AvgIpc) is 2.66. The van der Waals surface area contributed by atoms with Gasteiger partial charge in [0.2, 0.25) is 5.75 Å². The van der Waals surface area contributed by atoms with Crippen LogP contribution in [-0.2, 0) is 9.47 Å². The van der Waals surface area contributed by atoms with Crippen LogP contribution in [0.2, 0.25) is 5.02 Å². The van der Waals surface area contributed by atoms with Crippen LogP contribution in [0, 0.1) is 10.1 Å². The van der Waals surface area contributed by atoms with Crippen LogP contribution in [-0.4, -0.2) is 35.1 Å². The molecule has 1 atom stereocenters. The number of nitro groups is 1. The molecule has 0 radical (unpaired) electrons. The summed E-state index contributed by atoms with van der Waals surface area (Å²) in [7, 11) is 0. The minimum atomic E-state index is -0.706. The van der Waals surface area contributed by atoms with E-state index in [4.69, 9.17) is 25.8 Å². The lowest BCUT2D eigenvalue weighted by molar-refractivity contribution is -0.386. The van der Waals surface area contributed by atoms with Gasteiger partial charge in [-0.15, -0.1) is 0 Å². The SMILES string of the molecule is CC1(C)OC[C@H](COc2c(O)cc(Cl)cc2[N+](=O)[O-])O1. The van der Waals surface area contributed by atoms with E-state index >= 15 is 0 Å². The van der Waals surface area contributed by atoms with Crippen molar-refractivity contribution in [2.45, 2.75) is 25.7 Å². The minimum absolute atomic E-state index is 0.0272. The first kappa shape index (κ1) is 14.8. The van der Waals surface area contributed by atoms with Crippen molar-refractivity contribution in [2.75, 3.05) is 13.2 Å². The zero-order valence-electron chi connectivity index (χ0n) is 11.0. The summed E-state index contributed by atoms with van der Waals surface area (Å²) in [6.07, 6.45) is -0.361.